The van der Waals surface area contributed by atoms with Crippen LogP contribution in [0.5, 0.6) is 0 Å². The first-order valence-electron chi connectivity index (χ1n) is 7.12. The van der Waals surface area contributed by atoms with Crippen molar-refractivity contribution in [3.8, 4) is 0 Å². The van der Waals surface area contributed by atoms with E-state index in [1.165, 1.54) is 0 Å². The Balaban J connectivity index is 2.01. The van der Waals surface area contributed by atoms with Gasteiger partial charge in [-0.1, -0.05) is 25.5 Å². The minimum absolute atomic E-state index is 0.107. The number of benzene rings is 1. The summed E-state index contributed by atoms with van der Waals surface area (Å²) >= 11 is 0. The van der Waals surface area contributed by atoms with E-state index in [4.69, 9.17) is 10.5 Å². The third-order valence-electron chi connectivity index (χ3n) is 3.26. The maximum absolute atomic E-state index is 12.1. The number of unbranched alkanes of at least 4 members (excludes halogenated alkanes) is 1. The van der Waals surface area contributed by atoms with Gasteiger partial charge in [0.15, 0.2) is 0 Å². The van der Waals surface area contributed by atoms with E-state index in [9.17, 15) is 14.4 Å². The molecule has 1 heterocycles. The lowest BCUT2D eigenvalue weighted by Gasteiger charge is -2.13. The largest absolute Gasteiger partial charge is 0.462 e. The van der Waals surface area contributed by atoms with Crippen LogP contribution in [0.15, 0.2) is 36.0 Å². The lowest BCUT2D eigenvalue weighted by molar-refractivity contribution is -0.137. The first-order valence-corrected chi connectivity index (χ1v) is 7.12. The standard InChI is InChI=1S/C16H18N2O4/c1-2-3-8-22-14(19)9-11(17)10-18-15(20)12-6-4-5-7-13(12)16(18)21/h4-7,9H,2-3,8,10,17H2,1H3. The molecule has 1 aromatic rings. The molecular weight excluding hydrogens is 284 g/mol. The summed E-state index contributed by atoms with van der Waals surface area (Å²) in [6.45, 7) is 2.18. The highest BCUT2D eigenvalue weighted by Gasteiger charge is 2.35. The first kappa shape index (κ1) is 15.8. The van der Waals surface area contributed by atoms with Crippen molar-refractivity contribution in [3.63, 3.8) is 0 Å². The molecule has 0 spiro atoms. The molecule has 0 fully saturated rings. The van der Waals surface area contributed by atoms with E-state index in [0.717, 1.165) is 23.8 Å². The smallest absolute Gasteiger partial charge is 0.332 e. The van der Waals surface area contributed by atoms with Gasteiger partial charge in [-0.05, 0) is 18.6 Å². The van der Waals surface area contributed by atoms with Gasteiger partial charge >= 0.3 is 5.97 Å². The van der Waals surface area contributed by atoms with Crippen molar-refractivity contribution in [1.29, 1.82) is 0 Å². The summed E-state index contributed by atoms with van der Waals surface area (Å²) < 4.78 is 4.95. The van der Waals surface area contributed by atoms with Gasteiger partial charge in [0.1, 0.15) is 0 Å². The van der Waals surface area contributed by atoms with Crippen LogP contribution < -0.4 is 5.73 Å². The number of hydrogen-bond acceptors (Lipinski definition) is 5. The van der Waals surface area contributed by atoms with E-state index < -0.39 is 17.8 Å². The summed E-state index contributed by atoms with van der Waals surface area (Å²) in [4.78, 5) is 36.8. The molecule has 0 saturated heterocycles. The van der Waals surface area contributed by atoms with Crippen molar-refractivity contribution < 1.29 is 19.1 Å². The van der Waals surface area contributed by atoms with Gasteiger partial charge in [0, 0.05) is 11.8 Å². The average molecular weight is 302 g/mol. The molecule has 0 aliphatic carbocycles. The molecule has 0 saturated carbocycles. The van der Waals surface area contributed by atoms with Crippen molar-refractivity contribution >= 4 is 17.8 Å². The molecule has 1 aliphatic rings. The third-order valence-corrected chi connectivity index (χ3v) is 3.26. The minimum Gasteiger partial charge on any atom is -0.462 e. The molecule has 0 unspecified atom stereocenters. The molecule has 0 atom stereocenters. The van der Waals surface area contributed by atoms with Crippen LogP contribution in [0.2, 0.25) is 0 Å². The zero-order valence-corrected chi connectivity index (χ0v) is 12.4. The van der Waals surface area contributed by atoms with E-state index in [2.05, 4.69) is 0 Å². The van der Waals surface area contributed by atoms with Crippen LogP contribution in [0.4, 0.5) is 0 Å². The van der Waals surface area contributed by atoms with Gasteiger partial charge in [0.05, 0.1) is 24.3 Å². The van der Waals surface area contributed by atoms with Crippen molar-refractivity contribution in [2.45, 2.75) is 19.8 Å². The van der Waals surface area contributed by atoms with Gasteiger partial charge in [-0.25, -0.2) is 4.79 Å². The molecule has 2 rings (SSSR count). The Morgan fingerprint density at radius 1 is 1.23 bits per heavy atom. The van der Waals surface area contributed by atoms with Crippen molar-refractivity contribution in [3.05, 3.63) is 47.2 Å². The summed E-state index contributed by atoms with van der Waals surface area (Å²) in [5, 5.41) is 0. The van der Waals surface area contributed by atoms with Crippen molar-refractivity contribution in [2.24, 2.45) is 5.73 Å². The highest BCUT2D eigenvalue weighted by Crippen LogP contribution is 2.22. The van der Waals surface area contributed by atoms with E-state index in [0.29, 0.717) is 17.7 Å². The summed E-state index contributed by atoms with van der Waals surface area (Å²) in [5.74, 6) is -1.38. The third kappa shape index (κ3) is 3.33. The molecule has 0 aromatic heterocycles. The number of nitrogens with two attached hydrogens (primary N) is 1. The van der Waals surface area contributed by atoms with E-state index in [1.54, 1.807) is 24.3 Å². The fourth-order valence-corrected chi connectivity index (χ4v) is 2.12. The zero-order chi connectivity index (χ0) is 16.1. The Kier molecular flexibility index (Phi) is 4.93. The minimum atomic E-state index is -0.567. The van der Waals surface area contributed by atoms with Crippen molar-refractivity contribution in [1.82, 2.24) is 4.90 Å². The van der Waals surface area contributed by atoms with Gasteiger partial charge in [-0.3, -0.25) is 14.5 Å². The highest BCUT2D eigenvalue weighted by molar-refractivity contribution is 6.21. The fourth-order valence-electron chi connectivity index (χ4n) is 2.12. The van der Waals surface area contributed by atoms with Gasteiger partial charge in [0.2, 0.25) is 0 Å². The Morgan fingerprint density at radius 2 is 1.82 bits per heavy atom. The fraction of sp³-hybridized carbons (Fsp3) is 0.312. The Labute approximate surface area is 128 Å². The number of amides is 2. The molecule has 116 valence electrons. The average Bonchev–Trinajstić information content (AvgIpc) is 2.73. The van der Waals surface area contributed by atoms with Crippen LogP contribution in [-0.4, -0.2) is 35.8 Å². The number of hydrogen-bond donors (Lipinski definition) is 1. The van der Waals surface area contributed by atoms with Crippen LogP contribution in [0, 0.1) is 0 Å². The predicted molar refractivity (Wildman–Crippen MR) is 79.9 cm³/mol. The topological polar surface area (TPSA) is 89.7 Å². The number of esters is 1. The Morgan fingerprint density at radius 3 is 2.36 bits per heavy atom. The first-order chi connectivity index (χ1) is 10.5. The molecule has 22 heavy (non-hydrogen) atoms. The molecular formula is C16H18N2O4. The summed E-state index contributed by atoms with van der Waals surface area (Å²) in [6.07, 6.45) is 2.80. The van der Waals surface area contributed by atoms with Crippen LogP contribution in [0.3, 0.4) is 0 Å². The molecule has 6 nitrogen and oxygen atoms in total. The lowest BCUT2D eigenvalue weighted by atomic mass is 10.1. The van der Waals surface area contributed by atoms with Gasteiger partial charge in [-0.2, -0.15) is 0 Å². The number of ether oxygens (including phenoxy) is 1. The van der Waals surface area contributed by atoms with E-state index in [-0.39, 0.29) is 12.2 Å². The van der Waals surface area contributed by atoms with Crippen LogP contribution in [-0.2, 0) is 9.53 Å². The number of imide groups is 1. The number of rotatable bonds is 6. The predicted octanol–water partition coefficient (Wildman–Crippen LogP) is 1.47. The number of nitrogens with zero attached hydrogens (tertiary/aromatic N) is 1. The number of fused-ring (bicyclic) bond motifs is 1. The van der Waals surface area contributed by atoms with Crippen LogP contribution in [0.1, 0.15) is 40.5 Å². The second-order valence-corrected chi connectivity index (χ2v) is 4.98. The van der Waals surface area contributed by atoms with Crippen molar-refractivity contribution in [2.75, 3.05) is 13.2 Å². The normalized spacial score (nSPS) is 14.2. The molecule has 0 radical (unpaired) electrons. The van der Waals surface area contributed by atoms with Gasteiger partial charge < -0.3 is 10.5 Å². The van der Waals surface area contributed by atoms with E-state index >= 15 is 0 Å². The second-order valence-electron chi connectivity index (χ2n) is 4.98. The molecule has 1 aliphatic heterocycles. The Bertz CT molecular complexity index is 602. The van der Waals surface area contributed by atoms with Crippen LogP contribution in [0.25, 0.3) is 0 Å². The summed E-state index contributed by atoms with van der Waals surface area (Å²) in [7, 11) is 0. The molecule has 1 aromatic carbocycles. The molecule has 2 amide bonds. The Hall–Kier alpha value is -2.63. The van der Waals surface area contributed by atoms with Gasteiger partial charge in [-0.15, -0.1) is 0 Å². The number of carbonyl (C=O) groups is 3. The van der Waals surface area contributed by atoms with E-state index in [1.807, 2.05) is 6.92 Å². The quantitative estimate of drug-likeness (QED) is 0.372. The summed E-state index contributed by atoms with van der Waals surface area (Å²) in [5.41, 5.74) is 6.54. The second kappa shape index (κ2) is 6.89. The molecule has 2 N–H and O–H groups in total. The zero-order valence-electron chi connectivity index (χ0n) is 12.4. The SMILES string of the molecule is CCCCOC(=O)C=C(N)CN1C(=O)c2ccccc2C1=O. The maximum atomic E-state index is 12.1. The highest BCUT2D eigenvalue weighted by atomic mass is 16.5. The van der Waals surface area contributed by atoms with Gasteiger partial charge in [0.25, 0.3) is 11.8 Å². The van der Waals surface area contributed by atoms with Crippen LogP contribution >= 0.6 is 0 Å². The number of carbonyl (C=O) groups excluding carboxylic acids is 3. The lowest BCUT2D eigenvalue weighted by Crippen LogP contribution is -2.33. The maximum Gasteiger partial charge on any atom is 0.332 e. The molecule has 0 bridgehead atoms. The summed E-state index contributed by atoms with van der Waals surface area (Å²) in [6, 6.07) is 6.57. The monoisotopic (exact) mass is 302 g/mol. The molecule has 6 heteroatoms.